The van der Waals surface area contributed by atoms with Crippen LogP contribution in [0.25, 0.3) is 0 Å². The summed E-state index contributed by atoms with van der Waals surface area (Å²) in [4.78, 5) is 26.4. The quantitative estimate of drug-likeness (QED) is 0.883. The largest absolute Gasteiger partial charge is 0.478 e. The van der Waals surface area contributed by atoms with Crippen LogP contribution in [0.5, 0.6) is 0 Å². The van der Waals surface area contributed by atoms with Gasteiger partial charge in [0.1, 0.15) is 0 Å². The molecule has 0 bridgehead atoms. The average Bonchev–Trinajstić information content (AvgIpc) is 2.33. The Labute approximate surface area is 103 Å². The minimum absolute atomic E-state index is 0.121. The SMILES string of the molecule is Cc1cc(=O)n(Cc2ccc(C(=O)O)cc2)cn1. The maximum atomic E-state index is 11.6. The van der Waals surface area contributed by atoms with Crippen molar-refractivity contribution in [1.82, 2.24) is 9.55 Å². The van der Waals surface area contributed by atoms with E-state index in [-0.39, 0.29) is 11.1 Å². The molecule has 0 spiro atoms. The van der Waals surface area contributed by atoms with Gasteiger partial charge >= 0.3 is 5.97 Å². The van der Waals surface area contributed by atoms with E-state index < -0.39 is 5.97 Å². The molecule has 1 aromatic carbocycles. The number of hydrogen-bond acceptors (Lipinski definition) is 3. The molecule has 0 saturated heterocycles. The molecule has 2 aromatic rings. The smallest absolute Gasteiger partial charge is 0.335 e. The first kappa shape index (κ1) is 12.0. The molecule has 1 N–H and O–H groups in total. The monoisotopic (exact) mass is 244 g/mol. The fourth-order valence-electron chi connectivity index (χ4n) is 1.58. The normalized spacial score (nSPS) is 10.3. The van der Waals surface area contributed by atoms with Crippen LogP contribution in [-0.2, 0) is 6.54 Å². The van der Waals surface area contributed by atoms with Crippen molar-refractivity contribution in [3.05, 3.63) is 63.8 Å². The third kappa shape index (κ3) is 2.63. The van der Waals surface area contributed by atoms with Crippen molar-refractivity contribution >= 4 is 5.97 Å². The van der Waals surface area contributed by atoms with Gasteiger partial charge in [0.25, 0.3) is 5.56 Å². The molecule has 0 saturated carbocycles. The summed E-state index contributed by atoms with van der Waals surface area (Å²) in [5, 5.41) is 8.77. The number of hydrogen-bond donors (Lipinski definition) is 1. The minimum Gasteiger partial charge on any atom is -0.478 e. The molecule has 1 aromatic heterocycles. The van der Waals surface area contributed by atoms with Gasteiger partial charge in [-0.3, -0.25) is 9.36 Å². The van der Waals surface area contributed by atoms with Crippen LogP contribution in [0.2, 0.25) is 0 Å². The Morgan fingerprint density at radius 1 is 1.33 bits per heavy atom. The van der Waals surface area contributed by atoms with Crippen molar-refractivity contribution in [2.45, 2.75) is 13.5 Å². The molecule has 92 valence electrons. The summed E-state index contributed by atoms with van der Waals surface area (Å²) in [6.07, 6.45) is 1.49. The molecule has 5 nitrogen and oxygen atoms in total. The van der Waals surface area contributed by atoms with E-state index in [2.05, 4.69) is 4.98 Å². The number of aromatic carboxylic acids is 1. The summed E-state index contributed by atoms with van der Waals surface area (Å²) in [5.41, 5.74) is 1.64. The third-order valence-electron chi connectivity index (χ3n) is 2.57. The Hall–Kier alpha value is -2.43. The fraction of sp³-hybridized carbons (Fsp3) is 0.154. The van der Waals surface area contributed by atoms with E-state index in [9.17, 15) is 9.59 Å². The van der Waals surface area contributed by atoms with E-state index in [0.29, 0.717) is 12.2 Å². The lowest BCUT2D eigenvalue weighted by Crippen LogP contribution is -2.20. The second-order valence-corrected chi connectivity index (χ2v) is 4.00. The number of nitrogens with zero attached hydrogens (tertiary/aromatic N) is 2. The number of carboxylic acids is 1. The Kier molecular flexibility index (Phi) is 3.23. The molecule has 5 heteroatoms. The van der Waals surface area contributed by atoms with Gasteiger partial charge in [-0.15, -0.1) is 0 Å². The zero-order valence-electron chi connectivity index (χ0n) is 9.83. The lowest BCUT2D eigenvalue weighted by Gasteiger charge is -2.05. The first-order valence-electron chi connectivity index (χ1n) is 5.41. The maximum absolute atomic E-state index is 11.6. The Bertz CT molecular complexity index is 629. The summed E-state index contributed by atoms with van der Waals surface area (Å²) >= 11 is 0. The molecule has 0 aliphatic heterocycles. The van der Waals surface area contributed by atoms with Crippen LogP contribution in [-0.4, -0.2) is 20.6 Å². The number of aromatic nitrogens is 2. The van der Waals surface area contributed by atoms with Crippen molar-refractivity contribution in [2.75, 3.05) is 0 Å². The first-order chi connectivity index (χ1) is 8.56. The van der Waals surface area contributed by atoms with E-state index in [1.165, 1.54) is 29.1 Å². The van der Waals surface area contributed by atoms with Crippen molar-refractivity contribution in [3.8, 4) is 0 Å². The standard InChI is InChI=1S/C13H12N2O3/c1-9-6-12(16)15(8-14-9)7-10-2-4-11(5-3-10)13(17)18/h2-6,8H,7H2,1H3,(H,17,18). The van der Waals surface area contributed by atoms with E-state index in [4.69, 9.17) is 5.11 Å². The van der Waals surface area contributed by atoms with Gasteiger partial charge in [-0.2, -0.15) is 0 Å². The highest BCUT2D eigenvalue weighted by Crippen LogP contribution is 2.05. The molecule has 2 rings (SSSR count). The molecular formula is C13H12N2O3. The van der Waals surface area contributed by atoms with E-state index in [1.54, 1.807) is 19.1 Å². The molecule has 1 heterocycles. The van der Waals surface area contributed by atoms with Crippen molar-refractivity contribution in [1.29, 1.82) is 0 Å². The second kappa shape index (κ2) is 4.83. The van der Waals surface area contributed by atoms with Crippen LogP contribution in [0.15, 0.2) is 41.5 Å². The van der Waals surface area contributed by atoms with E-state index in [0.717, 1.165) is 5.56 Å². The molecule has 0 unspecified atom stereocenters. The van der Waals surface area contributed by atoms with Gasteiger partial charge < -0.3 is 5.11 Å². The maximum Gasteiger partial charge on any atom is 0.335 e. The molecule has 0 fully saturated rings. The zero-order valence-corrected chi connectivity index (χ0v) is 9.83. The van der Waals surface area contributed by atoms with Crippen LogP contribution in [0.1, 0.15) is 21.6 Å². The van der Waals surface area contributed by atoms with Gasteiger partial charge in [0.2, 0.25) is 0 Å². The van der Waals surface area contributed by atoms with E-state index >= 15 is 0 Å². The summed E-state index contributed by atoms with van der Waals surface area (Å²) in [5.74, 6) is -0.962. The van der Waals surface area contributed by atoms with Gasteiger partial charge in [-0.25, -0.2) is 9.78 Å². The highest BCUT2D eigenvalue weighted by molar-refractivity contribution is 5.87. The van der Waals surface area contributed by atoms with Crippen LogP contribution in [0.3, 0.4) is 0 Å². The average molecular weight is 244 g/mol. The second-order valence-electron chi connectivity index (χ2n) is 4.00. The van der Waals surface area contributed by atoms with Crippen LogP contribution >= 0.6 is 0 Å². The molecule has 0 atom stereocenters. The summed E-state index contributed by atoms with van der Waals surface area (Å²) in [6, 6.07) is 7.88. The zero-order chi connectivity index (χ0) is 13.1. The van der Waals surface area contributed by atoms with Crippen LogP contribution in [0, 0.1) is 6.92 Å². The summed E-state index contributed by atoms with van der Waals surface area (Å²) in [7, 11) is 0. The number of aryl methyl sites for hydroxylation is 1. The number of rotatable bonds is 3. The molecule has 18 heavy (non-hydrogen) atoms. The lowest BCUT2D eigenvalue weighted by molar-refractivity contribution is 0.0697. The van der Waals surface area contributed by atoms with Gasteiger partial charge in [0.15, 0.2) is 0 Å². The third-order valence-corrected chi connectivity index (χ3v) is 2.57. The molecule has 0 radical (unpaired) electrons. The highest BCUT2D eigenvalue weighted by Gasteiger charge is 2.03. The summed E-state index contributed by atoms with van der Waals surface area (Å²) in [6.45, 7) is 2.14. The van der Waals surface area contributed by atoms with Crippen molar-refractivity contribution in [3.63, 3.8) is 0 Å². The molecule has 0 amide bonds. The van der Waals surface area contributed by atoms with Gasteiger partial charge in [0.05, 0.1) is 18.4 Å². The Balaban J connectivity index is 2.23. The number of carbonyl (C=O) groups is 1. The van der Waals surface area contributed by atoms with Gasteiger partial charge in [-0.05, 0) is 24.6 Å². The van der Waals surface area contributed by atoms with E-state index in [1.807, 2.05) is 0 Å². The highest BCUT2D eigenvalue weighted by atomic mass is 16.4. The molecule has 0 aliphatic carbocycles. The van der Waals surface area contributed by atoms with Crippen molar-refractivity contribution < 1.29 is 9.90 Å². The van der Waals surface area contributed by atoms with Crippen LogP contribution < -0.4 is 5.56 Å². The molecular weight excluding hydrogens is 232 g/mol. The Morgan fingerprint density at radius 3 is 2.56 bits per heavy atom. The summed E-state index contributed by atoms with van der Waals surface area (Å²) < 4.78 is 1.47. The van der Waals surface area contributed by atoms with Crippen LogP contribution in [0.4, 0.5) is 0 Å². The Morgan fingerprint density at radius 2 is 2.00 bits per heavy atom. The topological polar surface area (TPSA) is 72.2 Å². The predicted octanol–water partition coefficient (Wildman–Crippen LogP) is 1.30. The lowest BCUT2D eigenvalue weighted by atomic mass is 10.1. The predicted molar refractivity (Wildman–Crippen MR) is 65.7 cm³/mol. The number of carboxylic acid groups (broad SMARTS) is 1. The first-order valence-corrected chi connectivity index (χ1v) is 5.41. The van der Waals surface area contributed by atoms with Gasteiger partial charge in [0, 0.05) is 11.8 Å². The van der Waals surface area contributed by atoms with Gasteiger partial charge in [-0.1, -0.05) is 12.1 Å². The van der Waals surface area contributed by atoms with Crippen molar-refractivity contribution in [2.24, 2.45) is 0 Å². The minimum atomic E-state index is -0.962. The number of benzene rings is 1. The molecule has 0 aliphatic rings. The fourth-order valence-corrected chi connectivity index (χ4v) is 1.58.